The zero-order valence-corrected chi connectivity index (χ0v) is 25.4. The fourth-order valence-electron chi connectivity index (χ4n) is 5.01. The highest BCUT2D eigenvalue weighted by Gasteiger charge is 2.24. The van der Waals surface area contributed by atoms with Crippen LogP contribution in [0.25, 0.3) is 33.4 Å². The van der Waals surface area contributed by atoms with Gasteiger partial charge in [0.1, 0.15) is 16.2 Å². The predicted octanol–water partition coefficient (Wildman–Crippen LogP) is 4.76. The number of nitrogens with one attached hydrogen (secondary N) is 2. The average Bonchev–Trinajstić information content (AvgIpc) is 3.00. The molecule has 11 heteroatoms. The van der Waals surface area contributed by atoms with Crippen molar-refractivity contribution < 1.29 is 30.8 Å². The van der Waals surface area contributed by atoms with Crippen molar-refractivity contribution in [1.29, 1.82) is 0 Å². The monoisotopic (exact) mass is 626 g/mol. The van der Waals surface area contributed by atoms with E-state index in [1.54, 1.807) is 36.4 Å². The second-order valence-electron chi connectivity index (χ2n) is 10.3. The van der Waals surface area contributed by atoms with E-state index in [9.17, 15) is 21.4 Å². The summed E-state index contributed by atoms with van der Waals surface area (Å²) in [7, 11) is -5.14. The molecule has 1 aliphatic carbocycles. The summed E-state index contributed by atoms with van der Waals surface area (Å²) < 4.78 is 67.4. The Morgan fingerprint density at radius 1 is 0.727 bits per heavy atom. The van der Waals surface area contributed by atoms with Crippen molar-refractivity contribution in [2.75, 3.05) is 19.4 Å². The molecule has 44 heavy (non-hydrogen) atoms. The molecule has 3 N–H and O–H groups in total. The van der Waals surface area contributed by atoms with Crippen LogP contribution in [0.15, 0.2) is 129 Å². The smallest absolute Gasteiger partial charge is 0.295 e. The number of anilines is 2. The Labute approximate surface area is 254 Å². The van der Waals surface area contributed by atoms with Gasteiger partial charge in [0.05, 0.1) is 11.0 Å². The highest BCUT2D eigenvalue weighted by Crippen LogP contribution is 2.42. The second-order valence-corrected chi connectivity index (χ2v) is 13.8. The van der Waals surface area contributed by atoms with E-state index in [4.69, 9.17) is 4.42 Å². The van der Waals surface area contributed by atoms with Gasteiger partial charge in [-0.15, -0.1) is 0 Å². The first-order valence-electron chi connectivity index (χ1n) is 13.5. The highest BCUT2D eigenvalue weighted by molar-refractivity contribution is 7.89. The van der Waals surface area contributed by atoms with Gasteiger partial charge in [-0.1, -0.05) is 36.4 Å². The summed E-state index contributed by atoms with van der Waals surface area (Å²) >= 11 is 0. The molecule has 9 nitrogen and oxygen atoms in total. The third-order valence-electron chi connectivity index (χ3n) is 7.14. The molecule has 0 aromatic heterocycles. The van der Waals surface area contributed by atoms with Crippen LogP contribution in [-0.2, 0) is 20.1 Å². The first-order chi connectivity index (χ1) is 21.0. The van der Waals surface area contributed by atoms with Gasteiger partial charge in [-0.05, 0) is 48.5 Å². The van der Waals surface area contributed by atoms with Gasteiger partial charge in [-0.3, -0.25) is 4.55 Å². The summed E-state index contributed by atoms with van der Waals surface area (Å²) in [4.78, 5) is 3.24. The Morgan fingerprint density at radius 2 is 1.43 bits per heavy atom. The van der Waals surface area contributed by atoms with Crippen molar-refractivity contribution in [1.82, 2.24) is 4.31 Å². The van der Waals surface area contributed by atoms with E-state index in [2.05, 4.69) is 10.3 Å². The standard InChI is InChI=1S/C33H27N3O6S2/c1-36(2)43(37,38)26-16-12-23(13-17-26)35-25-15-19-28-31(21-25)42-30-20-24(34-22-8-4-3-5-9-22)14-18-27(30)33(28)29-10-6-7-11-32(29)44(39,40)41/h3-21,34H,1-2H3,(H,39,40,41)/p+1. The number of para-hydroxylation sites is 1. The average molecular weight is 627 g/mol. The maximum atomic E-state index is 12.5. The second kappa shape index (κ2) is 11.4. The number of sulfonamides is 1. The summed E-state index contributed by atoms with van der Waals surface area (Å²) in [5.41, 5.74) is 4.37. The van der Waals surface area contributed by atoms with Gasteiger partial charge < -0.3 is 9.73 Å². The van der Waals surface area contributed by atoms with Crippen molar-refractivity contribution in [2.45, 2.75) is 9.79 Å². The lowest BCUT2D eigenvalue weighted by Crippen LogP contribution is -2.70. The van der Waals surface area contributed by atoms with E-state index in [-0.39, 0.29) is 9.79 Å². The third-order valence-corrected chi connectivity index (χ3v) is 9.88. The maximum absolute atomic E-state index is 12.5. The fourth-order valence-corrected chi connectivity index (χ4v) is 6.61. The van der Waals surface area contributed by atoms with Gasteiger partial charge in [0, 0.05) is 71.8 Å². The van der Waals surface area contributed by atoms with E-state index in [0.717, 1.165) is 15.7 Å². The van der Waals surface area contributed by atoms with Crippen LogP contribution in [0.1, 0.15) is 0 Å². The zero-order chi connectivity index (χ0) is 31.1. The molecule has 2 aliphatic rings. The zero-order valence-electron chi connectivity index (χ0n) is 23.7. The number of benzene rings is 5. The van der Waals surface area contributed by atoms with E-state index in [0.29, 0.717) is 44.5 Å². The summed E-state index contributed by atoms with van der Waals surface area (Å²) in [6, 6.07) is 33.4. The number of nitrogens with zero attached hydrogens (tertiary/aromatic N) is 1. The topological polar surface area (TPSA) is 131 Å². The Morgan fingerprint density at radius 3 is 2.14 bits per heavy atom. The summed E-state index contributed by atoms with van der Waals surface area (Å²) in [5.74, 6) is 0.464. The highest BCUT2D eigenvalue weighted by atomic mass is 32.2. The van der Waals surface area contributed by atoms with Crippen LogP contribution < -0.4 is 15.7 Å². The van der Waals surface area contributed by atoms with E-state index >= 15 is 0 Å². The first kappa shape index (κ1) is 29.3. The minimum atomic E-state index is -4.54. The van der Waals surface area contributed by atoms with Crippen molar-refractivity contribution in [2.24, 2.45) is 0 Å². The maximum Gasteiger partial charge on any atom is 0.295 e. The molecule has 0 radical (unpaired) electrons. The summed E-state index contributed by atoms with van der Waals surface area (Å²) in [5, 5.41) is 4.67. The Balaban J connectivity index is 1.54. The molecule has 0 saturated carbocycles. The van der Waals surface area contributed by atoms with Crippen LogP contribution in [0.3, 0.4) is 0 Å². The van der Waals surface area contributed by atoms with Gasteiger partial charge >= 0.3 is 0 Å². The Bertz CT molecular complexity index is 2260. The number of hydrogen-bond donors (Lipinski definition) is 3. The minimum absolute atomic E-state index is 0.176. The lowest BCUT2D eigenvalue weighted by molar-refractivity contribution is -0.402. The van der Waals surface area contributed by atoms with Crippen LogP contribution in [0, 0.1) is 0 Å². The van der Waals surface area contributed by atoms with Crippen molar-refractivity contribution in [3.05, 3.63) is 121 Å². The molecule has 4 aromatic carbocycles. The third kappa shape index (κ3) is 5.73. The van der Waals surface area contributed by atoms with Crippen LogP contribution in [0.2, 0.25) is 0 Å². The van der Waals surface area contributed by atoms with Crippen LogP contribution in [-0.4, -0.2) is 39.8 Å². The molecule has 0 atom stereocenters. The van der Waals surface area contributed by atoms with Gasteiger partial charge in [0.25, 0.3) is 10.1 Å². The van der Waals surface area contributed by atoms with Crippen molar-refractivity contribution in [3.8, 4) is 22.5 Å². The number of fused-ring (bicyclic) bond motifs is 2. The largest absolute Gasteiger partial charge is 0.456 e. The molecular weight excluding hydrogens is 599 g/mol. The van der Waals surface area contributed by atoms with E-state index < -0.39 is 20.1 Å². The molecular formula is C33H28N3O6S2+. The lowest BCUT2D eigenvalue weighted by atomic mass is 9.93. The number of hydrogen-bond acceptors (Lipinski definition) is 6. The molecule has 0 fully saturated rings. The predicted molar refractivity (Wildman–Crippen MR) is 169 cm³/mol. The van der Waals surface area contributed by atoms with Crippen molar-refractivity contribution >= 4 is 48.2 Å². The molecule has 0 spiro atoms. The van der Waals surface area contributed by atoms with E-state index in [1.807, 2.05) is 60.7 Å². The van der Waals surface area contributed by atoms with Gasteiger partial charge in [0.2, 0.25) is 21.1 Å². The fraction of sp³-hybridized carbons (Fsp3) is 0.0606. The normalized spacial score (nSPS) is 12.7. The summed E-state index contributed by atoms with van der Waals surface area (Å²) in [6.07, 6.45) is 0. The van der Waals surface area contributed by atoms with Gasteiger partial charge in [-0.2, -0.15) is 8.42 Å². The molecule has 0 saturated heterocycles. The molecule has 1 heterocycles. The molecule has 0 unspecified atom stereocenters. The first-order valence-corrected chi connectivity index (χ1v) is 16.4. The molecule has 222 valence electrons. The summed E-state index contributed by atoms with van der Waals surface area (Å²) in [6.45, 7) is 0. The Hall–Kier alpha value is -4.81. The van der Waals surface area contributed by atoms with E-state index in [1.165, 1.54) is 32.3 Å². The minimum Gasteiger partial charge on any atom is -0.456 e. The van der Waals surface area contributed by atoms with Gasteiger partial charge in [0.15, 0.2) is 0 Å². The SMILES string of the molecule is CN(C)S(=O)(=O)c1ccc([NH+]=c2ccc3c(-c4ccccc4S(=O)(=O)O)c4ccc(Nc5ccccc5)cc4oc-3c2)cc1. The molecule has 6 rings (SSSR count). The van der Waals surface area contributed by atoms with Crippen LogP contribution in [0.5, 0.6) is 0 Å². The van der Waals surface area contributed by atoms with Crippen LogP contribution >= 0.6 is 0 Å². The van der Waals surface area contributed by atoms with Crippen molar-refractivity contribution in [3.63, 3.8) is 0 Å². The molecule has 1 aliphatic heterocycles. The van der Waals surface area contributed by atoms with Gasteiger partial charge in [-0.25, -0.2) is 17.7 Å². The molecule has 0 bridgehead atoms. The number of rotatable bonds is 7. The molecule has 4 aromatic rings. The molecule has 0 amide bonds. The van der Waals surface area contributed by atoms with Crippen LogP contribution in [0.4, 0.5) is 17.1 Å². The lowest BCUT2D eigenvalue weighted by Gasteiger charge is -2.17. The quantitative estimate of drug-likeness (QED) is 0.172. The Kier molecular flexibility index (Phi) is 7.56.